The van der Waals surface area contributed by atoms with Crippen molar-refractivity contribution < 1.29 is 4.74 Å². The van der Waals surface area contributed by atoms with Crippen molar-refractivity contribution in [2.75, 3.05) is 25.2 Å². The molecule has 0 saturated carbocycles. The first-order valence-electron chi connectivity index (χ1n) is 6.74. The van der Waals surface area contributed by atoms with Gasteiger partial charge in [-0.25, -0.2) is 4.98 Å². The SMILES string of the molecule is CNc1c(-c2cc3ccc(OC)cc3[nH]2)cc(C)nc1N. The van der Waals surface area contributed by atoms with Crippen molar-refractivity contribution in [3.05, 3.63) is 36.0 Å². The minimum atomic E-state index is 0.503. The third-order valence-corrected chi connectivity index (χ3v) is 3.55. The van der Waals surface area contributed by atoms with Gasteiger partial charge in [-0.05, 0) is 31.2 Å². The van der Waals surface area contributed by atoms with Crippen molar-refractivity contribution in [2.24, 2.45) is 0 Å². The molecule has 108 valence electrons. The standard InChI is InChI=1S/C16H18N4O/c1-9-6-12(15(18-2)16(17)19-9)14-7-10-4-5-11(21-3)8-13(10)20-14/h4-8,18,20H,1-3H3,(H2,17,19). The highest BCUT2D eigenvalue weighted by Gasteiger charge is 2.12. The Kier molecular flexibility index (Phi) is 3.17. The normalized spacial score (nSPS) is 10.8. The zero-order valence-corrected chi connectivity index (χ0v) is 12.3. The number of hydrogen-bond donors (Lipinski definition) is 3. The van der Waals surface area contributed by atoms with Gasteiger partial charge in [0.2, 0.25) is 0 Å². The molecule has 5 nitrogen and oxygen atoms in total. The minimum absolute atomic E-state index is 0.503. The zero-order chi connectivity index (χ0) is 15.0. The number of anilines is 2. The van der Waals surface area contributed by atoms with Gasteiger partial charge in [-0.2, -0.15) is 0 Å². The number of rotatable bonds is 3. The molecule has 0 atom stereocenters. The topological polar surface area (TPSA) is 76.0 Å². The van der Waals surface area contributed by atoms with Crippen LogP contribution in [0.3, 0.4) is 0 Å². The second-order valence-electron chi connectivity index (χ2n) is 4.96. The van der Waals surface area contributed by atoms with Crippen molar-refractivity contribution in [1.29, 1.82) is 0 Å². The Morgan fingerprint density at radius 2 is 2.05 bits per heavy atom. The highest BCUT2D eigenvalue weighted by atomic mass is 16.5. The van der Waals surface area contributed by atoms with Gasteiger partial charge < -0.3 is 20.8 Å². The average Bonchev–Trinajstić information content (AvgIpc) is 2.89. The summed E-state index contributed by atoms with van der Waals surface area (Å²) in [5.41, 5.74) is 10.8. The fourth-order valence-electron chi connectivity index (χ4n) is 2.55. The van der Waals surface area contributed by atoms with Crippen molar-refractivity contribution in [2.45, 2.75) is 6.92 Å². The maximum absolute atomic E-state index is 6.00. The summed E-state index contributed by atoms with van der Waals surface area (Å²) >= 11 is 0. The number of nitrogens with zero attached hydrogens (tertiary/aromatic N) is 1. The van der Waals surface area contributed by atoms with Crippen molar-refractivity contribution >= 4 is 22.4 Å². The maximum atomic E-state index is 6.00. The van der Waals surface area contributed by atoms with Crippen LogP contribution in [-0.2, 0) is 0 Å². The first-order chi connectivity index (χ1) is 10.1. The number of ether oxygens (including phenoxy) is 1. The van der Waals surface area contributed by atoms with E-state index in [0.29, 0.717) is 5.82 Å². The fraction of sp³-hybridized carbons (Fsp3) is 0.188. The lowest BCUT2D eigenvalue weighted by molar-refractivity contribution is 0.415. The van der Waals surface area contributed by atoms with E-state index in [9.17, 15) is 0 Å². The summed E-state index contributed by atoms with van der Waals surface area (Å²) in [6.07, 6.45) is 0. The second-order valence-corrected chi connectivity index (χ2v) is 4.96. The Balaban J connectivity index is 2.20. The largest absolute Gasteiger partial charge is 0.497 e. The minimum Gasteiger partial charge on any atom is -0.497 e. The van der Waals surface area contributed by atoms with Gasteiger partial charge in [-0.15, -0.1) is 0 Å². The zero-order valence-electron chi connectivity index (χ0n) is 12.3. The van der Waals surface area contributed by atoms with E-state index in [1.165, 1.54) is 0 Å². The number of nitrogen functional groups attached to an aromatic ring is 1. The summed E-state index contributed by atoms with van der Waals surface area (Å²) in [6, 6.07) is 10.1. The number of benzene rings is 1. The van der Waals surface area contributed by atoms with E-state index in [0.717, 1.165) is 39.3 Å². The molecule has 0 unspecified atom stereocenters. The molecule has 1 aromatic carbocycles. The Labute approximate surface area is 123 Å². The molecule has 0 spiro atoms. The molecule has 2 heterocycles. The summed E-state index contributed by atoms with van der Waals surface area (Å²) < 4.78 is 5.26. The molecule has 3 rings (SSSR count). The summed E-state index contributed by atoms with van der Waals surface area (Å²) in [7, 11) is 3.51. The molecule has 5 heteroatoms. The molecule has 4 N–H and O–H groups in total. The van der Waals surface area contributed by atoms with Crippen LogP contribution in [0.15, 0.2) is 30.3 Å². The van der Waals surface area contributed by atoms with Crippen molar-refractivity contribution in [3.8, 4) is 17.0 Å². The van der Waals surface area contributed by atoms with E-state index < -0.39 is 0 Å². The Morgan fingerprint density at radius 3 is 2.76 bits per heavy atom. The van der Waals surface area contributed by atoms with Gasteiger partial charge in [0.05, 0.1) is 12.8 Å². The number of H-pyrrole nitrogens is 1. The van der Waals surface area contributed by atoms with Crippen LogP contribution in [0.25, 0.3) is 22.2 Å². The number of fused-ring (bicyclic) bond motifs is 1. The number of pyridine rings is 1. The Bertz CT molecular complexity index is 807. The van der Waals surface area contributed by atoms with Gasteiger partial charge in [0.25, 0.3) is 0 Å². The quantitative estimate of drug-likeness (QED) is 0.689. The molecular formula is C16H18N4O. The third-order valence-electron chi connectivity index (χ3n) is 3.55. The summed E-state index contributed by atoms with van der Waals surface area (Å²) in [6.45, 7) is 1.94. The number of nitrogens with one attached hydrogen (secondary N) is 2. The molecule has 0 bridgehead atoms. The van der Waals surface area contributed by atoms with Gasteiger partial charge in [0.1, 0.15) is 11.6 Å². The number of methoxy groups -OCH3 is 1. The van der Waals surface area contributed by atoms with Gasteiger partial charge in [0.15, 0.2) is 0 Å². The maximum Gasteiger partial charge on any atom is 0.147 e. The van der Waals surface area contributed by atoms with Gasteiger partial charge >= 0.3 is 0 Å². The molecular weight excluding hydrogens is 264 g/mol. The molecule has 0 aliphatic heterocycles. The molecule has 0 amide bonds. The monoisotopic (exact) mass is 282 g/mol. The van der Waals surface area contributed by atoms with Crippen LogP contribution >= 0.6 is 0 Å². The molecule has 0 aliphatic rings. The van der Waals surface area contributed by atoms with E-state index in [2.05, 4.69) is 21.4 Å². The number of aromatic nitrogens is 2. The number of nitrogens with two attached hydrogens (primary N) is 1. The number of aromatic amines is 1. The highest BCUT2D eigenvalue weighted by molar-refractivity contribution is 5.91. The first-order valence-corrected chi connectivity index (χ1v) is 6.74. The van der Waals surface area contributed by atoms with Gasteiger partial charge in [-0.1, -0.05) is 0 Å². The van der Waals surface area contributed by atoms with E-state index in [1.54, 1.807) is 7.11 Å². The van der Waals surface area contributed by atoms with Crippen LogP contribution in [-0.4, -0.2) is 24.1 Å². The molecule has 3 aromatic rings. The van der Waals surface area contributed by atoms with Crippen LogP contribution in [0.5, 0.6) is 5.75 Å². The Hall–Kier alpha value is -2.69. The van der Waals surface area contributed by atoms with Crippen LogP contribution in [0.1, 0.15) is 5.69 Å². The molecule has 0 aliphatic carbocycles. The molecule has 21 heavy (non-hydrogen) atoms. The predicted octanol–water partition coefficient (Wildman–Crippen LogP) is 3.17. The summed E-state index contributed by atoms with van der Waals surface area (Å²) in [4.78, 5) is 7.71. The van der Waals surface area contributed by atoms with E-state index in [1.807, 2.05) is 38.2 Å². The first kappa shape index (κ1) is 13.3. The third kappa shape index (κ3) is 2.27. The number of hydrogen-bond acceptors (Lipinski definition) is 4. The van der Waals surface area contributed by atoms with Crippen LogP contribution < -0.4 is 15.8 Å². The molecule has 2 aromatic heterocycles. The lowest BCUT2D eigenvalue weighted by atomic mass is 10.1. The molecule has 0 radical (unpaired) electrons. The summed E-state index contributed by atoms with van der Waals surface area (Å²) in [5, 5.41) is 4.25. The van der Waals surface area contributed by atoms with Crippen molar-refractivity contribution in [3.63, 3.8) is 0 Å². The molecule has 0 saturated heterocycles. The molecule has 0 fully saturated rings. The van der Waals surface area contributed by atoms with Crippen LogP contribution in [0, 0.1) is 6.92 Å². The Morgan fingerprint density at radius 1 is 1.24 bits per heavy atom. The second kappa shape index (κ2) is 5.01. The van der Waals surface area contributed by atoms with Crippen LogP contribution in [0.2, 0.25) is 0 Å². The van der Waals surface area contributed by atoms with Crippen molar-refractivity contribution in [1.82, 2.24) is 9.97 Å². The average molecular weight is 282 g/mol. The highest BCUT2D eigenvalue weighted by Crippen LogP contribution is 2.34. The lowest BCUT2D eigenvalue weighted by Gasteiger charge is -2.11. The van der Waals surface area contributed by atoms with E-state index in [4.69, 9.17) is 10.5 Å². The van der Waals surface area contributed by atoms with Crippen LogP contribution in [0.4, 0.5) is 11.5 Å². The smallest absolute Gasteiger partial charge is 0.147 e. The van der Waals surface area contributed by atoms with Gasteiger partial charge in [0, 0.05) is 41.0 Å². The van der Waals surface area contributed by atoms with E-state index in [-0.39, 0.29) is 0 Å². The van der Waals surface area contributed by atoms with E-state index >= 15 is 0 Å². The fourth-order valence-corrected chi connectivity index (χ4v) is 2.55. The lowest BCUT2D eigenvalue weighted by Crippen LogP contribution is -2.02. The predicted molar refractivity (Wildman–Crippen MR) is 86.8 cm³/mol. The number of aryl methyl sites for hydroxylation is 1. The van der Waals surface area contributed by atoms with Gasteiger partial charge in [-0.3, -0.25) is 0 Å². The summed E-state index contributed by atoms with van der Waals surface area (Å²) in [5.74, 6) is 1.33.